The molecule has 0 aliphatic rings. The van der Waals surface area contributed by atoms with E-state index in [1.165, 1.54) is 16.9 Å². The van der Waals surface area contributed by atoms with Crippen molar-refractivity contribution in [1.29, 1.82) is 0 Å². The van der Waals surface area contributed by atoms with Crippen molar-refractivity contribution < 1.29 is 19.8 Å². The summed E-state index contributed by atoms with van der Waals surface area (Å²) in [6.07, 6.45) is 20.0. The van der Waals surface area contributed by atoms with Gasteiger partial charge in [0, 0.05) is 73.3 Å². The van der Waals surface area contributed by atoms with Crippen LogP contribution in [-0.2, 0) is 6.54 Å². The number of rotatable bonds is 21. The van der Waals surface area contributed by atoms with Crippen molar-refractivity contribution in [3.63, 3.8) is 0 Å². The maximum absolute atomic E-state index is 9.31. The molecule has 3 rings (SSSR count). The summed E-state index contributed by atoms with van der Waals surface area (Å²) in [5.74, 6) is 2.16. The molecule has 0 unspecified atom stereocenters. The highest BCUT2D eigenvalue weighted by molar-refractivity contribution is 8.76. The minimum absolute atomic E-state index is 0.128. The van der Waals surface area contributed by atoms with Gasteiger partial charge >= 0.3 is 0 Å². The molecule has 1 heterocycles. The van der Waals surface area contributed by atoms with E-state index in [1.807, 2.05) is 76.5 Å². The van der Waals surface area contributed by atoms with Gasteiger partial charge in [0.05, 0.1) is 0 Å². The summed E-state index contributed by atoms with van der Waals surface area (Å²) >= 11 is 0. The molecular weight excluding hydrogens is 609 g/mol. The Morgan fingerprint density at radius 2 is 1.26 bits per heavy atom. The zero-order valence-corrected chi connectivity index (χ0v) is 28.9. The summed E-state index contributed by atoms with van der Waals surface area (Å²) < 4.78 is 2.05. The van der Waals surface area contributed by atoms with E-state index in [9.17, 15) is 5.11 Å². The van der Waals surface area contributed by atoms with E-state index in [1.54, 1.807) is 0 Å². The maximum Gasteiger partial charge on any atom is 0.205 e. The number of nitrogens with one attached hydrogen (secondary N) is 1. The van der Waals surface area contributed by atoms with Crippen LogP contribution in [0.25, 0.3) is 18.2 Å². The zero-order chi connectivity index (χ0) is 32.7. The molecule has 6 nitrogen and oxygen atoms in total. The Balaban J connectivity index is 1.37. The van der Waals surface area contributed by atoms with E-state index < -0.39 is 0 Å². The molecule has 3 aromatic rings. The fraction of sp³-hybridized carbons (Fsp3) is 0.316. The number of hydrogen-bond donors (Lipinski definition) is 3. The Morgan fingerprint density at radius 1 is 0.674 bits per heavy atom. The Bertz CT molecular complexity index is 1400. The van der Waals surface area contributed by atoms with E-state index in [0.29, 0.717) is 13.1 Å². The highest BCUT2D eigenvalue weighted by atomic mass is 33.1. The number of hydrogen-bond acceptors (Lipinski definition) is 6. The molecule has 1 aromatic heterocycles. The van der Waals surface area contributed by atoms with Gasteiger partial charge in [-0.05, 0) is 61.4 Å². The highest BCUT2D eigenvalue weighted by Crippen LogP contribution is 2.24. The average molecular weight is 659 g/mol. The Morgan fingerprint density at radius 3 is 1.85 bits per heavy atom. The molecule has 0 saturated heterocycles. The van der Waals surface area contributed by atoms with E-state index in [2.05, 4.69) is 106 Å². The number of benzene rings is 2. The van der Waals surface area contributed by atoms with Gasteiger partial charge in [-0.2, -0.15) is 4.57 Å². The quantitative estimate of drug-likeness (QED) is 0.0485. The summed E-state index contributed by atoms with van der Waals surface area (Å²) in [5, 5.41) is 18.0. The van der Waals surface area contributed by atoms with Crippen molar-refractivity contribution in [2.45, 2.75) is 20.4 Å². The van der Waals surface area contributed by atoms with Crippen LogP contribution >= 0.6 is 21.6 Å². The summed E-state index contributed by atoms with van der Waals surface area (Å²) in [6.45, 7) is 9.87. The first-order chi connectivity index (χ1) is 22.7. The van der Waals surface area contributed by atoms with Gasteiger partial charge in [0.1, 0.15) is 13.2 Å². The largest absolute Gasteiger partial charge is 0.390 e. The minimum Gasteiger partial charge on any atom is -0.390 e. The number of nitrogens with zero attached hydrogens (tertiary/aromatic N) is 3. The van der Waals surface area contributed by atoms with Crippen LogP contribution in [0.3, 0.4) is 0 Å². The third-order valence-electron chi connectivity index (χ3n) is 7.22. The first-order valence-corrected chi connectivity index (χ1v) is 18.6. The van der Waals surface area contributed by atoms with Gasteiger partial charge in [0.15, 0.2) is 25.5 Å². The molecule has 244 valence electrons. The molecule has 0 aliphatic heterocycles. The molecule has 0 saturated carbocycles. The molecule has 2 aromatic carbocycles. The van der Waals surface area contributed by atoms with Crippen LogP contribution in [0.15, 0.2) is 103 Å². The van der Waals surface area contributed by atoms with Crippen LogP contribution in [0.5, 0.6) is 0 Å². The second kappa shape index (κ2) is 22.9. The molecule has 0 fully saturated rings. The number of aliphatic hydroxyl groups excluding tert-OH is 2. The van der Waals surface area contributed by atoms with Crippen LogP contribution in [0, 0.1) is 0 Å². The van der Waals surface area contributed by atoms with Gasteiger partial charge in [-0.15, -0.1) is 0 Å². The molecule has 0 amide bonds. The Hall–Kier alpha value is -3.56. The molecular formula is C38H50N4O2S2+2. The van der Waals surface area contributed by atoms with Crippen molar-refractivity contribution in [1.82, 2.24) is 0 Å². The van der Waals surface area contributed by atoms with Crippen LogP contribution in [0.2, 0.25) is 0 Å². The van der Waals surface area contributed by atoms with Crippen molar-refractivity contribution in [3.05, 3.63) is 120 Å². The van der Waals surface area contributed by atoms with Crippen LogP contribution in [-0.4, -0.2) is 73.9 Å². The Kier molecular flexibility index (Phi) is 18.3. The molecule has 0 aliphatic carbocycles. The number of allylic oxidation sites excluding steroid dienone is 5. The van der Waals surface area contributed by atoms with E-state index in [4.69, 9.17) is 5.11 Å². The SMILES string of the molecule is CCN(CCSSCCN(CC)c1ccc(/C=C/c2cccc[n+]2CCO)cc1)c1ccc(/C=C/C=C/C=C\C=[NH+]CCO)cc1. The normalized spacial score (nSPS) is 12.1. The van der Waals surface area contributed by atoms with Crippen molar-refractivity contribution in [3.8, 4) is 0 Å². The Labute approximate surface area is 284 Å². The molecule has 8 heteroatoms. The van der Waals surface area contributed by atoms with Gasteiger partial charge < -0.3 is 20.0 Å². The second-order valence-corrected chi connectivity index (χ2v) is 13.0. The zero-order valence-electron chi connectivity index (χ0n) is 27.2. The first kappa shape index (κ1) is 36.9. The van der Waals surface area contributed by atoms with Crippen molar-refractivity contribution in [2.75, 3.05) is 67.2 Å². The van der Waals surface area contributed by atoms with Crippen LogP contribution in [0.1, 0.15) is 30.7 Å². The molecule has 46 heavy (non-hydrogen) atoms. The van der Waals surface area contributed by atoms with Crippen LogP contribution in [0.4, 0.5) is 11.4 Å². The molecule has 0 spiro atoms. The highest BCUT2D eigenvalue weighted by Gasteiger charge is 2.08. The summed E-state index contributed by atoms with van der Waals surface area (Å²) in [4.78, 5) is 7.86. The fourth-order valence-corrected chi connectivity index (χ4v) is 6.69. The summed E-state index contributed by atoms with van der Waals surface area (Å²) in [6, 6.07) is 23.6. The van der Waals surface area contributed by atoms with E-state index in [0.717, 1.165) is 48.9 Å². The number of pyridine rings is 1. The number of aliphatic hydroxyl groups is 2. The van der Waals surface area contributed by atoms with Gasteiger partial charge in [0.2, 0.25) is 5.69 Å². The predicted molar refractivity (Wildman–Crippen MR) is 203 cm³/mol. The first-order valence-electron chi connectivity index (χ1n) is 16.1. The lowest BCUT2D eigenvalue weighted by Crippen LogP contribution is -2.69. The number of anilines is 2. The lowest BCUT2D eigenvalue weighted by molar-refractivity contribution is -0.699. The summed E-state index contributed by atoms with van der Waals surface area (Å²) in [5.41, 5.74) is 5.94. The molecule has 3 N–H and O–H groups in total. The van der Waals surface area contributed by atoms with Crippen molar-refractivity contribution in [2.24, 2.45) is 0 Å². The fourth-order valence-electron chi connectivity index (χ4n) is 4.71. The van der Waals surface area contributed by atoms with E-state index >= 15 is 0 Å². The van der Waals surface area contributed by atoms with Crippen LogP contribution < -0.4 is 19.4 Å². The maximum atomic E-state index is 9.31. The van der Waals surface area contributed by atoms with Gasteiger partial charge in [-0.1, -0.05) is 76.2 Å². The average Bonchev–Trinajstić information content (AvgIpc) is 3.09. The second-order valence-electron chi connectivity index (χ2n) is 10.3. The lowest BCUT2D eigenvalue weighted by Gasteiger charge is -2.24. The molecule has 0 radical (unpaired) electrons. The van der Waals surface area contributed by atoms with Gasteiger partial charge in [-0.25, -0.2) is 4.99 Å². The van der Waals surface area contributed by atoms with Gasteiger partial charge in [0.25, 0.3) is 0 Å². The van der Waals surface area contributed by atoms with Gasteiger partial charge in [-0.3, -0.25) is 0 Å². The third kappa shape index (κ3) is 13.8. The third-order valence-corrected chi connectivity index (χ3v) is 9.58. The minimum atomic E-state index is 0.128. The molecule has 0 bridgehead atoms. The standard InChI is InChI=1S/C38H49N4O2S2/c1-3-40(37-20-14-34(15-21-37)12-8-6-5-7-10-24-39-25-30-43)28-32-45-46-33-29-41(4-2)38-22-17-35(18-23-38)16-19-36-13-9-11-26-42(36)27-31-44/h5-24,26,43-44H,3-4,25,27-33H2,1-2H3/q+1/p+1/b6-5+,10-7-,12-8+,39-24?. The topological polar surface area (TPSA) is 64.8 Å². The van der Waals surface area contributed by atoms with Crippen molar-refractivity contribution >= 4 is 57.4 Å². The smallest absolute Gasteiger partial charge is 0.205 e. The molecule has 0 atom stereocenters. The number of aromatic nitrogens is 1. The predicted octanol–water partition coefficient (Wildman–Crippen LogP) is 5.14. The monoisotopic (exact) mass is 658 g/mol. The lowest BCUT2D eigenvalue weighted by atomic mass is 10.1. The van der Waals surface area contributed by atoms with E-state index in [-0.39, 0.29) is 13.2 Å². The summed E-state index contributed by atoms with van der Waals surface area (Å²) in [7, 11) is 3.91.